The number of aromatic nitrogens is 3. The molecule has 2 aromatic heterocycles. The molecular formula is C22H25N5O2. The van der Waals surface area contributed by atoms with E-state index in [1.165, 1.54) is 0 Å². The van der Waals surface area contributed by atoms with Gasteiger partial charge in [0.25, 0.3) is 11.8 Å². The van der Waals surface area contributed by atoms with Crippen LogP contribution < -0.4 is 10.6 Å². The van der Waals surface area contributed by atoms with Crippen molar-refractivity contribution in [3.63, 3.8) is 0 Å². The predicted molar refractivity (Wildman–Crippen MR) is 113 cm³/mol. The molecule has 7 heteroatoms. The Bertz CT molecular complexity index is 1050. The molecule has 150 valence electrons. The topological polar surface area (TPSA) is 88.9 Å². The molecule has 0 atom stereocenters. The Kier molecular flexibility index (Phi) is 5.50. The van der Waals surface area contributed by atoms with Crippen LogP contribution in [0.5, 0.6) is 0 Å². The van der Waals surface area contributed by atoms with E-state index >= 15 is 0 Å². The second-order valence-corrected chi connectivity index (χ2v) is 7.93. The Hall–Kier alpha value is -3.48. The summed E-state index contributed by atoms with van der Waals surface area (Å²) in [4.78, 5) is 29.5. The molecule has 0 fully saturated rings. The number of hydrogen-bond donors (Lipinski definition) is 2. The summed E-state index contributed by atoms with van der Waals surface area (Å²) < 4.78 is 1.71. The van der Waals surface area contributed by atoms with Gasteiger partial charge in [-0.2, -0.15) is 5.10 Å². The molecule has 0 aliphatic carbocycles. The molecule has 0 spiro atoms. The van der Waals surface area contributed by atoms with Crippen molar-refractivity contribution in [3.8, 4) is 0 Å². The summed E-state index contributed by atoms with van der Waals surface area (Å²) in [5.41, 5.74) is 3.34. The zero-order chi connectivity index (χ0) is 21.2. The summed E-state index contributed by atoms with van der Waals surface area (Å²) in [7, 11) is 0. The van der Waals surface area contributed by atoms with Gasteiger partial charge in [-0.15, -0.1) is 0 Å². The molecular weight excluding hydrogens is 366 g/mol. The summed E-state index contributed by atoms with van der Waals surface area (Å²) >= 11 is 0. The van der Waals surface area contributed by atoms with E-state index in [1.807, 2.05) is 34.6 Å². The maximum Gasteiger partial charge on any atom is 0.273 e. The van der Waals surface area contributed by atoms with Gasteiger partial charge in [-0.1, -0.05) is 6.07 Å². The molecule has 29 heavy (non-hydrogen) atoms. The van der Waals surface area contributed by atoms with E-state index in [-0.39, 0.29) is 17.4 Å². The van der Waals surface area contributed by atoms with Crippen molar-refractivity contribution >= 4 is 23.2 Å². The van der Waals surface area contributed by atoms with Crippen molar-refractivity contribution in [1.29, 1.82) is 0 Å². The van der Waals surface area contributed by atoms with Crippen molar-refractivity contribution in [3.05, 3.63) is 71.3 Å². The number of amides is 2. The van der Waals surface area contributed by atoms with Crippen LogP contribution in [-0.4, -0.2) is 26.6 Å². The normalized spacial score (nSPS) is 11.2. The first kappa shape index (κ1) is 20.3. The molecule has 2 amide bonds. The largest absolute Gasteiger partial charge is 0.321 e. The van der Waals surface area contributed by atoms with Crippen molar-refractivity contribution in [2.45, 2.75) is 40.2 Å². The van der Waals surface area contributed by atoms with Crippen molar-refractivity contribution in [1.82, 2.24) is 14.8 Å². The fourth-order valence-corrected chi connectivity index (χ4v) is 2.95. The van der Waals surface area contributed by atoms with Crippen LogP contribution in [0.25, 0.3) is 0 Å². The number of carbonyl (C=O) groups excluding carboxylic acids is 2. The van der Waals surface area contributed by atoms with Gasteiger partial charge in [0.2, 0.25) is 0 Å². The Labute approximate surface area is 170 Å². The van der Waals surface area contributed by atoms with Crippen LogP contribution in [0, 0.1) is 13.8 Å². The van der Waals surface area contributed by atoms with Crippen LogP contribution in [0.4, 0.5) is 11.4 Å². The lowest BCUT2D eigenvalue weighted by Gasteiger charge is -2.22. The lowest BCUT2D eigenvalue weighted by Crippen LogP contribution is -2.29. The fraction of sp³-hybridized carbons (Fsp3) is 0.273. The standard InChI is InChI=1S/C22H25N5O2/c1-14-8-9-16(12-18(14)20(28)25-17-7-6-10-23-13-17)24-21(29)19-11-15(2)26-27(19)22(3,4)5/h6-13H,1-5H3,(H,24,29)(H,25,28). The minimum atomic E-state index is -0.330. The van der Waals surface area contributed by atoms with E-state index in [2.05, 4.69) is 20.7 Å². The molecule has 2 heterocycles. The molecule has 0 aliphatic heterocycles. The third kappa shape index (κ3) is 4.68. The molecule has 3 rings (SSSR count). The van der Waals surface area contributed by atoms with Gasteiger partial charge in [-0.25, -0.2) is 0 Å². The van der Waals surface area contributed by atoms with Gasteiger partial charge in [-0.05, 0) is 70.5 Å². The van der Waals surface area contributed by atoms with Crippen LogP contribution in [0.2, 0.25) is 0 Å². The minimum Gasteiger partial charge on any atom is -0.321 e. The summed E-state index contributed by atoms with van der Waals surface area (Å²) in [5.74, 6) is -0.537. The molecule has 1 aromatic carbocycles. The van der Waals surface area contributed by atoms with E-state index in [4.69, 9.17) is 0 Å². The van der Waals surface area contributed by atoms with Crippen LogP contribution in [-0.2, 0) is 5.54 Å². The Morgan fingerprint density at radius 3 is 2.34 bits per heavy atom. The molecule has 0 radical (unpaired) electrons. The van der Waals surface area contributed by atoms with Gasteiger partial charge < -0.3 is 10.6 Å². The van der Waals surface area contributed by atoms with Crippen LogP contribution in [0.15, 0.2) is 48.8 Å². The van der Waals surface area contributed by atoms with E-state index < -0.39 is 0 Å². The third-order valence-corrected chi connectivity index (χ3v) is 4.36. The highest BCUT2D eigenvalue weighted by Gasteiger charge is 2.23. The molecule has 0 bridgehead atoms. The number of rotatable bonds is 4. The Morgan fingerprint density at radius 2 is 1.69 bits per heavy atom. The van der Waals surface area contributed by atoms with Crippen molar-refractivity contribution in [2.75, 3.05) is 10.6 Å². The van der Waals surface area contributed by atoms with Crippen molar-refractivity contribution < 1.29 is 9.59 Å². The number of nitrogens with zero attached hydrogens (tertiary/aromatic N) is 3. The predicted octanol–water partition coefficient (Wildman–Crippen LogP) is 4.15. The minimum absolute atomic E-state index is 0.262. The van der Waals surface area contributed by atoms with Crippen molar-refractivity contribution in [2.24, 2.45) is 0 Å². The summed E-state index contributed by atoms with van der Waals surface area (Å²) in [6.07, 6.45) is 3.22. The van der Waals surface area contributed by atoms with E-state index in [0.29, 0.717) is 22.6 Å². The van der Waals surface area contributed by atoms with Crippen LogP contribution in [0.1, 0.15) is 52.9 Å². The number of aryl methyl sites for hydroxylation is 2. The second-order valence-electron chi connectivity index (χ2n) is 7.93. The summed E-state index contributed by atoms with van der Waals surface area (Å²) in [5, 5.41) is 10.1. The highest BCUT2D eigenvalue weighted by atomic mass is 16.2. The monoisotopic (exact) mass is 391 g/mol. The lowest BCUT2D eigenvalue weighted by atomic mass is 10.1. The van der Waals surface area contributed by atoms with Crippen LogP contribution >= 0.6 is 0 Å². The molecule has 3 aromatic rings. The first-order valence-electron chi connectivity index (χ1n) is 9.35. The zero-order valence-corrected chi connectivity index (χ0v) is 17.3. The van der Waals surface area contributed by atoms with Gasteiger partial charge in [0.1, 0.15) is 5.69 Å². The van der Waals surface area contributed by atoms with E-state index in [1.54, 1.807) is 53.5 Å². The molecule has 0 aliphatic rings. The van der Waals surface area contributed by atoms with Gasteiger partial charge >= 0.3 is 0 Å². The van der Waals surface area contributed by atoms with E-state index in [9.17, 15) is 9.59 Å². The highest BCUT2D eigenvalue weighted by molar-refractivity contribution is 6.07. The molecule has 2 N–H and O–H groups in total. The summed E-state index contributed by atoms with van der Waals surface area (Å²) in [6.45, 7) is 9.67. The van der Waals surface area contributed by atoms with Gasteiger partial charge in [0, 0.05) is 17.4 Å². The average Bonchev–Trinajstić information content (AvgIpc) is 3.06. The second kappa shape index (κ2) is 7.87. The number of carbonyl (C=O) groups is 2. The molecule has 0 unspecified atom stereocenters. The first-order valence-corrected chi connectivity index (χ1v) is 9.35. The van der Waals surface area contributed by atoms with E-state index in [0.717, 1.165) is 11.3 Å². The maximum absolute atomic E-state index is 12.9. The van der Waals surface area contributed by atoms with Gasteiger partial charge in [0.05, 0.1) is 23.1 Å². The molecule has 7 nitrogen and oxygen atoms in total. The highest BCUT2D eigenvalue weighted by Crippen LogP contribution is 2.21. The SMILES string of the molecule is Cc1cc(C(=O)Nc2ccc(C)c(C(=O)Nc3cccnc3)c2)n(C(C)(C)C)n1. The average molecular weight is 391 g/mol. The Balaban J connectivity index is 1.83. The Morgan fingerprint density at radius 1 is 0.966 bits per heavy atom. The van der Waals surface area contributed by atoms with Gasteiger partial charge in [0.15, 0.2) is 0 Å². The van der Waals surface area contributed by atoms with Gasteiger partial charge in [-0.3, -0.25) is 19.3 Å². The fourth-order valence-electron chi connectivity index (χ4n) is 2.95. The maximum atomic E-state index is 12.9. The quantitative estimate of drug-likeness (QED) is 0.699. The molecule has 0 saturated heterocycles. The lowest BCUT2D eigenvalue weighted by molar-refractivity contribution is 0.100. The number of hydrogen-bond acceptors (Lipinski definition) is 4. The number of benzene rings is 1. The summed E-state index contributed by atoms with van der Waals surface area (Å²) in [6, 6.07) is 10.5. The van der Waals surface area contributed by atoms with Crippen LogP contribution in [0.3, 0.4) is 0 Å². The third-order valence-electron chi connectivity index (χ3n) is 4.36. The molecule has 0 saturated carbocycles. The number of nitrogens with one attached hydrogen (secondary N) is 2. The number of pyridine rings is 1. The number of anilines is 2. The first-order chi connectivity index (χ1) is 13.6. The smallest absolute Gasteiger partial charge is 0.273 e. The zero-order valence-electron chi connectivity index (χ0n) is 17.3.